The number of nitrogens with one attached hydrogen (secondary N) is 1. The average molecular weight is 371 g/mol. The number of hydrogen-bond donors (Lipinski definition) is 1. The maximum absolute atomic E-state index is 13.2. The highest BCUT2D eigenvalue weighted by Crippen LogP contribution is 2.39. The quantitative estimate of drug-likeness (QED) is 0.543. The van der Waals surface area contributed by atoms with E-state index in [9.17, 15) is 13.2 Å². The molecule has 4 rings (SSSR count). The molecule has 0 bridgehead atoms. The second-order valence-corrected chi connectivity index (χ2v) is 9.08. The van der Waals surface area contributed by atoms with Crippen molar-refractivity contribution in [1.29, 1.82) is 0 Å². The zero-order chi connectivity index (χ0) is 18.6. The first kappa shape index (κ1) is 17.2. The summed E-state index contributed by atoms with van der Waals surface area (Å²) in [6.07, 6.45) is 0.525. The van der Waals surface area contributed by atoms with Gasteiger partial charge in [-0.2, -0.15) is 4.31 Å². The van der Waals surface area contributed by atoms with Gasteiger partial charge in [-0.05, 0) is 43.4 Å². The maximum Gasteiger partial charge on any atom is 0.256 e. The van der Waals surface area contributed by atoms with E-state index >= 15 is 0 Å². The van der Waals surface area contributed by atoms with Gasteiger partial charge in [0.25, 0.3) is 5.56 Å². The van der Waals surface area contributed by atoms with Gasteiger partial charge in [0.15, 0.2) is 0 Å². The Morgan fingerprint density at radius 1 is 1.04 bits per heavy atom. The minimum Gasteiger partial charge on any atom is -0.321 e. The summed E-state index contributed by atoms with van der Waals surface area (Å²) in [5, 5.41) is 2.36. The van der Waals surface area contributed by atoms with Crippen LogP contribution in [0, 0.1) is 0 Å². The van der Waals surface area contributed by atoms with Crippen molar-refractivity contribution in [3.8, 4) is 0 Å². The molecule has 0 saturated carbocycles. The third-order valence-corrected chi connectivity index (χ3v) is 7.02. The SMILES string of the molecule is CN(C)CCN(C)S(=O)(=O)c1ccc2[nH]c(=O)c3cccc4c3c2c1C4. The monoisotopic (exact) mass is 371 g/mol. The lowest BCUT2D eigenvalue weighted by Gasteiger charge is -2.21. The molecular formula is C19H21N3O3S. The molecule has 7 heteroatoms. The third-order valence-electron chi connectivity index (χ3n) is 5.08. The van der Waals surface area contributed by atoms with Crippen LogP contribution in [0.2, 0.25) is 0 Å². The molecule has 3 aromatic rings. The lowest BCUT2D eigenvalue weighted by Crippen LogP contribution is -2.34. The standard InChI is InChI=1S/C19H21N3O3S/c1-21(2)9-10-22(3)26(24,25)16-8-7-15-18-14(16)11-12-5-4-6-13(17(12)18)19(23)20-15/h4-8H,9-11H2,1-3H3,(H,20,23). The van der Waals surface area contributed by atoms with Crippen LogP contribution in [-0.4, -0.2) is 56.8 Å². The number of nitrogens with zero attached hydrogens (tertiary/aromatic N) is 2. The largest absolute Gasteiger partial charge is 0.321 e. The molecule has 1 aliphatic carbocycles. The molecule has 26 heavy (non-hydrogen) atoms. The fourth-order valence-corrected chi connectivity index (χ4v) is 5.06. The van der Waals surface area contributed by atoms with Crippen molar-refractivity contribution in [3.05, 3.63) is 51.8 Å². The second-order valence-electron chi connectivity index (χ2n) is 7.07. The Morgan fingerprint density at radius 2 is 1.81 bits per heavy atom. The second kappa shape index (κ2) is 5.90. The van der Waals surface area contributed by atoms with Crippen LogP contribution >= 0.6 is 0 Å². The van der Waals surface area contributed by atoms with Crippen LogP contribution in [0.25, 0.3) is 21.7 Å². The molecule has 136 valence electrons. The molecule has 1 heterocycles. The summed E-state index contributed by atoms with van der Waals surface area (Å²) in [7, 11) is 1.84. The number of benzene rings is 2. The predicted octanol–water partition coefficient (Wildman–Crippen LogP) is 1.77. The molecule has 0 amide bonds. The van der Waals surface area contributed by atoms with Crippen molar-refractivity contribution in [2.75, 3.05) is 34.2 Å². The molecule has 0 fully saturated rings. The van der Waals surface area contributed by atoms with Gasteiger partial charge in [0, 0.05) is 48.2 Å². The fourth-order valence-electron chi connectivity index (χ4n) is 3.68. The molecule has 1 N–H and O–H groups in total. The third kappa shape index (κ3) is 2.46. The number of aromatic amines is 1. The zero-order valence-electron chi connectivity index (χ0n) is 15.0. The number of sulfonamides is 1. The van der Waals surface area contributed by atoms with E-state index in [0.717, 1.165) is 21.9 Å². The van der Waals surface area contributed by atoms with Crippen molar-refractivity contribution in [2.45, 2.75) is 11.3 Å². The minimum absolute atomic E-state index is 0.138. The Balaban J connectivity index is 1.92. The van der Waals surface area contributed by atoms with Crippen LogP contribution in [0.3, 0.4) is 0 Å². The molecule has 0 unspecified atom stereocenters. The van der Waals surface area contributed by atoms with Gasteiger partial charge in [-0.3, -0.25) is 4.79 Å². The summed E-state index contributed by atoms with van der Waals surface area (Å²) in [6.45, 7) is 1.07. The molecule has 0 atom stereocenters. The highest BCUT2D eigenvalue weighted by molar-refractivity contribution is 7.89. The van der Waals surface area contributed by atoms with E-state index in [4.69, 9.17) is 0 Å². The van der Waals surface area contributed by atoms with E-state index in [1.54, 1.807) is 25.2 Å². The van der Waals surface area contributed by atoms with Crippen molar-refractivity contribution in [1.82, 2.24) is 14.2 Å². The summed E-state index contributed by atoms with van der Waals surface area (Å²) >= 11 is 0. The van der Waals surface area contributed by atoms with Crippen molar-refractivity contribution in [3.63, 3.8) is 0 Å². The topological polar surface area (TPSA) is 73.5 Å². The molecule has 2 aromatic carbocycles. The molecule has 0 saturated heterocycles. The van der Waals surface area contributed by atoms with Gasteiger partial charge in [-0.25, -0.2) is 8.42 Å². The normalized spacial score (nSPS) is 13.7. The van der Waals surface area contributed by atoms with Crippen LogP contribution in [0.4, 0.5) is 0 Å². The van der Waals surface area contributed by atoms with Crippen LogP contribution in [0.5, 0.6) is 0 Å². The number of aromatic nitrogens is 1. The van der Waals surface area contributed by atoms with Crippen molar-refractivity contribution in [2.24, 2.45) is 0 Å². The van der Waals surface area contributed by atoms with Gasteiger partial charge in [0.05, 0.1) is 4.90 Å². The Hall–Kier alpha value is -2.22. The van der Waals surface area contributed by atoms with Crippen molar-refractivity contribution >= 4 is 31.7 Å². The Kier molecular flexibility index (Phi) is 3.91. The van der Waals surface area contributed by atoms with Crippen molar-refractivity contribution < 1.29 is 8.42 Å². The summed E-state index contributed by atoms with van der Waals surface area (Å²) in [6, 6.07) is 8.92. The summed E-state index contributed by atoms with van der Waals surface area (Å²) in [5.41, 5.74) is 2.34. The van der Waals surface area contributed by atoms with Crippen LogP contribution < -0.4 is 5.56 Å². The Bertz CT molecular complexity index is 1200. The van der Waals surface area contributed by atoms with Gasteiger partial charge in [0.1, 0.15) is 0 Å². The first-order chi connectivity index (χ1) is 12.3. The first-order valence-electron chi connectivity index (χ1n) is 8.51. The van der Waals surface area contributed by atoms with Crippen LogP contribution in [-0.2, 0) is 16.4 Å². The number of hydrogen-bond acceptors (Lipinski definition) is 4. The predicted molar refractivity (Wildman–Crippen MR) is 103 cm³/mol. The smallest absolute Gasteiger partial charge is 0.256 e. The minimum atomic E-state index is -3.60. The molecule has 0 aliphatic heterocycles. The molecule has 0 spiro atoms. The molecule has 1 aliphatic rings. The Labute approximate surface area is 152 Å². The molecule has 0 radical (unpaired) electrons. The number of likely N-dealkylation sites (N-methyl/N-ethyl adjacent to an activating group) is 2. The highest BCUT2D eigenvalue weighted by Gasteiger charge is 2.29. The van der Waals surface area contributed by atoms with E-state index < -0.39 is 10.0 Å². The zero-order valence-corrected chi connectivity index (χ0v) is 15.9. The lowest BCUT2D eigenvalue weighted by atomic mass is 10.1. The van der Waals surface area contributed by atoms with E-state index in [0.29, 0.717) is 35.3 Å². The number of pyridine rings is 1. The average Bonchev–Trinajstić information content (AvgIpc) is 2.98. The highest BCUT2D eigenvalue weighted by atomic mass is 32.2. The summed E-state index contributed by atoms with van der Waals surface area (Å²) in [4.78, 5) is 17.5. The summed E-state index contributed by atoms with van der Waals surface area (Å²) < 4.78 is 27.7. The van der Waals surface area contributed by atoms with E-state index in [-0.39, 0.29) is 5.56 Å². The fraction of sp³-hybridized carbons (Fsp3) is 0.316. The van der Waals surface area contributed by atoms with E-state index in [1.165, 1.54) is 4.31 Å². The van der Waals surface area contributed by atoms with E-state index in [2.05, 4.69) is 4.98 Å². The van der Waals surface area contributed by atoms with Crippen LogP contribution in [0.1, 0.15) is 11.1 Å². The molecular weight excluding hydrogens is 350 g/mol. The lowest BCUT2D eigenvalue weighted by molar-refractivity contribution is 0.358. The molecule has 1 aromatic heterocycles. The number of rotatable bonds is 5. The molecule has 6 nitrogen and oxygen atoms in total. The van der Waals surface area contributed by atoms with Gasteiger partial charge in [0.2, 0.25) is 10.0 Å². The van der Waals surface area contributed by atoms with Gasteiger partial charge in [-0.15, -0.1) is 0 Å². The number of H-pyrrole nitrogens is 1. The van der Waals surface area contributed by atoms with E-state index in [1.807, 2.05) is 31.1 Å². The van der Waals surface area contributed by atoms with Gasteiger partial charge < -0.3 is 9.88 Å². The summed E-state index contributed by atoms with van der Waals surface area (Å²) in [5.74, 6) is 0. The first-order valence-corrected chi connectivity index (χ1v) is 9.95. The van der Waals surface area contributed by atoms with Gasteiger partial charge in [-0.1, -0.05) is 12.1 Å². The Morgan fingerprint density at radius 3 is 2.54 bits per heavy atom. The van der Waals surface area contributed by atoms with Crippen LogP contribution in [0.15, 0.2) is 40.0 Å². The maximum atomic E-state index is 13.2. The van der Waals surface area contributed by atoms with Gasteiger partial charge >= 0.3 is 0 Å².